The average molecular weight is 1110 g/mol. The van der Waals surface area contributed by atoms with E-state index in [0.29, 0.717) is 53.4 Å². The molecule has 41 heteroatoms. The van der Waals surface area contributed by atoms with Gasteiger partial charge in [-0.3, -0.25) is 14.4 Å². The lowest BCUT2D eigenvalue weighted by Crippen LogP contribution is -2.87. The Morgan fingerprint density at radius 2 is 1.25 bits per heavy atom. The minimum absolute atomic E-state index is 0.00354. The van der Waals surface area contributed by atoms with Gasteiger partial charge in [-0.1, -0.05) is 45.0 Å². The van der Waals surface area contributed by atoms with Crippen LogP contribution in [0.4, 0.5) is 5.69 Å². The van der Waals surface area contributed by atoms with Crippen LogP contribution in [-0.2, 0) is 20.9 Å². The third-order valence-corrected chi connectivity index (χ3v) is 21.2. The number of hydrogen-bond donors (Lipinski definition) is 6. The molecule has 4 aliphatic carbocycles. The molecule has 6 N–H and O–H groups in total. The van der Waals surface area contributed by atoms with Gasteiger partial charge >= 0.3 is 7.12 Å². The van der Waals surface area contributed by atoms with Gasteiger partial charge in [-0.15, -0.1) is 0 Å². The van der Waals surface area contributed by atoms with Crippen molar-refractivity contribution in [3.05, 3.63) is 54.9 Å². The number of unbranched alkanes of at least 4 members (excludes halogenated alkanes) is 1. The third kappa shape index (κ3) is 20.1. The van der Waals surface area contributed by atoms with Gasteiger partial charge in [0.1, 0.15) is 0 Å². The van der Waals surface area contributed by atoms with Crippen LogP contribution >= 0.6 is 0 Å². The van der Waals surface area contributed by atoms with Crippen LogP contribution in [0.25, 0.3) is 0 Å². The minimum Gasteiger partial charge on any atom is -0.423 e. The maximum atomic E-state index is 13.9. The summed E-state index contributed by atoms with van der Waals surface area (Å²) < 4.78 is 1.58. The van der Waals surface area contributed by atoms with Crippen LogP contribution in [0.2, 0.25) is 0 Å². The molecule has 11 nitrogen and oxygen atoms in total. The van der Waals surface area contributed by atoms with E-state index >= 15 is 0 Å². The number of nitrogens with zero attached hydrogens (tertiary/aromatic N) is 2. The number of aromatic nitrogens is 1. The average Bonchev–Trinajstić information content (AvgIpc) is 1.72. The second kappa shape index (κ2) is 35.7. The lowest BCUT2D eigenvalue weighted by molar-refractivity contribution is -0.683. The zero-order valence-electron chi connectivity index (χ0n) is 52.3. The van der Waals surface area contributed by atoms with Crippen molar-refractivity contribution < 1.29 is 34.1 Å². The topological polar surface area (TPSA) is 155 Å². The van der Waals surface area contributed by atoms with Crippen molar-refractivity contribution in [2.45, 2.75) is 129 Å². The first kappa shape index (κ1) is 76.3. The van der Waals surface area contributed by atoms with E-state index < -0.39 is 96.2 Å². The van der Waals surface area contributed by atoms with E-state index in [1.807, 2.05) is 30.3 Å². The van der Waals surface area contributed by atoms with Crippen molar-refractivity contribution in [3.63, 3.8) is 0 Å². The van der Waals surface area contributed by atoms with Gasteiger partial charge in [0.15, 0.2) is 12.4 Å². The highest BCUT2D eigenvalue weighted by molar-refractivity contribution is 8.26. The number of pyridine rings is 1. The summed E-state index contributed by atoms with van der Waals surface area (Å²) in [6.45, 7) is 8.68. The number of aliphatic hydroxyl groups is 1. The standard InChI is InChI=1S/C46H70BN5O6.B29/c1-32(38-18-19-39-37-17-16-33-29-36(53)21-23-45(33,2)40(37)22-24-46(38,39)3)15-20-42(54)49-25-9-8-14-41(48-4)44(56)52(35-12-6-5-7-13-35)28-26-50-43(55)31-51-27-10-11-34(30-51)47(57)58;1-16-24(17(2)3)28(25(18(4)5)19(6)7)29(26(20(8)9)21(10)11)27(22(12)13)23(14)15/h5-7,10-13,27,30,32-33,36-41,48,53,57-58H,8-9,14-26,28-29,31H2,1-4H3,(H-,49,50,54,55);/p+1/t32?,33-,36-,37?,38?,39?,40?,41?,45+,46-;/m0./s1. The fourth-order valence-electron chi connectivity index (χ4n) is 16.8. The summed E-state index contributed by atoms with van der Waals surface area (Å²) in [7, 11) is 91.4. The van der Waals surface area contributed by atoms with E-state index in [0.717, 1.165) is 55.5 Å². The minimum atomic E-state index is -1.62. The molecule has 405 valence electrons. The predicted octanol–water partition coefficient (Wildman–Crippen LogP) is -6.93. The summed E-state index contributed by atoms with van der Waals surface area (Å²) in [5.74, 6) is 4.12. The number of carbonyl (C=O) groups excluding carboxylic acids is 3. The largest absolute Gasteiger partial charge is 0.494 e. The number of aliphatic hydroxyl groups excluding tert-OH is 1. The molecular weight excluding hydrogens is 1040 g/mol. The summed E-state index contributed by atoms with van der Waals surface area (Å²) in [5.41, 5.74) is 1.82. The summed E-state index contributed by atoms with van der Waals surface area (Å²) in [6.07, 6.45) is 5.99. The summed E-state index contributed by atoms with van der Waals surface area (Å²) in [6, 6.07) is 12.2. The molecule has 6 rings (SSSR count). The Morgan fingerprint density at radius 1 is 0.678 bits per heavy atom. The maximum absolute atomic E-state index is 13.9. The van der Waals surface area contributed by atoms with E-state index in [1.54, 1.807) is 34.8 Å². The predicted molar refractivity (Wildman–Crippen MR) is 394 cm³/mol. The number of rotatable bonds is 31. The zero-order valence-corrected chi connectivity index (χ0v) is 52.3. The molecule has 1 aromatic heterocycles. The highest BCUT2D eigenvalue weighted by atomic mass is 16.4. The number of para-hydroxylation sites is 1. The number of benzene rings is 1. The van der Waals surface area contributed by atoms with Crippen LogP contribution in [0.5, 0.6) is 0 Å². The second-order valence-electron chi connectivity index (χ2n) is 26.6. The molecule has 1 heterocycles. The Bertz CT molecular complexity index is 2380. The molecule has 6 unspecified atom stereocenters. The number of likely N-dealkylation sites (N-methyl/N-ethyl adjacent to an activating group) is 1. The van der Waals surface area contributed by atoms with Gasteiger partial charge in [0.2, 0.25) is 18.4 Å². The number of carbonyl (C=O) groups is 3. The maximum Gasteiger partial charge on any atom is 0.494 e. The van der Waals surface area contributed by atoms with Crippen LogP contribution in [0.1, 0.15) is 111 Å². The molecule has 3 amide bonds. The fourth-order valence-corrected chi connectivity index (χ4v) is 16.8. The fraction of sp³-hybridized carbons (Fsp3) is 0.696. The van der Waals surface area contributed by atoms with Crippen molar-refractivity contribution in [1.29, 1.82) is 0 Å². The molecule has 1 aromatic carbocycles. The van der Waals surface area contributed by atoms with Gasteiger partial charge in [0.05, 0.1) is 12.1 Å². The Balaban J connectivity index is 0.000000403. The van der Waals surface area contributed by atoms with Crippen LogP contribution in [-0.4, -0.2) is 285 Å². The molecule has 4 aliphatic rings. The van der Waals surface area contributed by atoms with Gasteiger partial charge in [-0.05, 0) is 149 Å². The molecule has 31 radical (unpaired) electrons. The first-order valence-electron chi connectivity index (χ1n) is 31.8. The highest BCUT2D eigenvalue weighted by Crippen LogP contribution is 2.68. The Labute approximate surface area is 550 Å². The summed E-state index contributed by atoms with van der Waals surface area (Å²) >= 11 is 0. The Morgan fingerprint density at radius 3 is 1.82 bits per heavy atom. The molecule has 2 aromatic rings. The Hall–Kier alpha value is -1.43. The van der Waals surface area contributed by atoms with Gasteiger partial charge in [-0.2, -0.15) is 4.57 Å². The molecule has 0 aliphatic heterocycles. The van der Waals surface area contributed by atoms with Crippen molar-refractivity contribution in [3.8, 4) is 0 Å². The van der Waals surface area contributed by atoms with Gasteiger partial charge in [0.25, 0.3) is 5.91 Å². The quantitative estimate of drug-likeness (QED) is 0.0250. The van der Waals surface area contributed by atoms with Crippen molar-refractivity contribution >= 4 is 242 Å². The van der Waals surface area contributed by atoms with E-state index in [1.165, 1.54) is 58.2 Å². The Kier molecular flexibility index (Phi) is 31.3. The molecule has 10 atom stereocenters. The van der Waals surface area contributed by atoms with Crippen LogP contribution in [0.3, 0.4) is 0 Å². The monoisotopic (exact) mass is 1120 g/mol. The number of amides is 3. The van der Waals surface area contributed by atoms with Gasteiger partial charge in [0, 0.05) is 249 Å². The first-order valence-corrected chi connectivity index (χ1v) is 31.8. The first-order chi connectivity index (χ1) is 41.0. The lowest BCUT2D eigenvalue weighted by Gasteiger charge is -2.61. The number of nitrogens with one attached hydrogen (secondary N) is 3. The van der Waals surface area contributed by atoms with E-state index in [9.17, 15) is 29.5 Å². The molecule has 0 bridgehead atoms. The molecule has 0 saturated heterocycles. The summed E-state index contributed by atoms with van der Waals surface area (Å²) in [4.78, 5) is 41.3. The number of anilines is 1. The van der Waals surface area contributed by atoms with Crippen LogP contribution < -0.4 is 30.9 Å². The SMILES string of the molecule is CNC(CCCCNC(=O)CCC(C)C1CCC2C3CC[C@H]4C[C@@H](O)CC[C@@]4(C)C3CC[C@@]12C)C(=O)N(CCNC(=O)C[n+]1cccc(B(O)O)c1)c1ccccc1.[B][B]B(B([B])[B])B(B(B([B])[B])B([B])[B])B(B(B([B])[B])B([B])[B])B(B([B])[B])B([B])[B]. The highest BCUT2D eigenvalue weighted by Gasteiger charge is 2.61. The smallest absolute Gasteiger partial charge is 0.423 e. The zero-order chi connectivity index (χ0) is 64.7. The molecule has 87 heavy (non-hydrogen) atoms. The van der Waals surface area contributed by atoms with Crippen molar-refractivity contribution in [2.75, 3.05) is 31.6 Å². The van der Waals surface area contributed by atoms with Crippen molar-refractivity contribution in [2.24, 2.45) is 46.3 Å². The van der Waals surface area contributed by atoms with Crippen LogP contribution in [0.15, 0.2) is 54.9 Å². The molecule has 0 spiro atoms. The third-order valence-electron chi connectivity index (χ3n) is 21.2. The molecule has 4 saturated carbocycles. The van der Waals surface area contributed by atoms with Gasteiger partial charge in [-0.25, -0.2) is 0 Å². The normalized spacial score (nSPS) is 23.1. The van der Waals surface area contributed by atoms with Crippen molar-refractivity contribution in [1.82, 2.24) is 16.0 Å². The number of hydrogen-bond acceptors (Lipinski definition) is 7. The number of fused-ring (bicyclic) bond motifs is 5. The van der Waals surface area contributed by atoms with E-state index in [4.69, 9.17) is 116 Å². The van der Waals surface area contributed by atoms with Crippen LogP contribution in [0, 0.1) is 46.3 Å². The molecular formula is C46H71B30N5O6+. The summed E-state index contributed by atoms with van der Waals surface area (Å²) in [5, 5.41) is 38.5. The van der Waals surface area contributed by atoms with E-state index in [-0.39, 0.29) is 43.5 Å². The second-order valence-corrected chi connectivity index (χ2v) is 26.6. The molecule has 4 fully saturated rings. The van der Waals surface area contributed by atoms with Gasteiger partial charge < -0.3 is 36.0 Å². The lowest BCUT2D eigenvalue weighted by atomic mass is 8.32. The van der Waals surface area contributed by atoms with E-state index in [2.05, 4.69) is 36.7 Å².